The van der Waals surface area contributed by atoms with Gasteiger partial charge in [-0.3, -0.25) is 4.68 Å². The Morgan fingerprint density at radius 2 is 2.12 bits per heavy atom. The largest absolute Gasteiger partial charge is 0.323 e. The highest BCUT2D eigenvalue weighted by Crippen LogP contribution is 2.29. The third-order valence-electron chi connectivity index (χ3n) is 2.83. The summed E-state index contributed by atoms with van der Waals surface area (Å²) in [5.74, 6) is 0. The fourth-order valence-electron chi connectivity index (χ4n) is 1.86. The van der Waals surface area contributed by atoms with Gasteiger partial charge in [-0.25, -0.2) is 0 Å². The summed E-state index contributed by atoms with van der Waals surface area (Å²) in [5.41, 5.74) is 7.76. The normalized spacial score (nSPS) is 14.0. The lowest BCUT2D eigenvalue weighted by Gasteiger charge is -2.21. The standard InChI is InChI=1S/C13H24BrN3/c1-5-8-17-12(10(14)9-16-17)11(15)6-7-13(2,3)4/h9,11H,5-8,15H2,1-4H3. The second kappa shape index (κ2) is 6.01. The lowest BCUT2D eigenvalue weighted by atomic mass is 9.88. The van der Waals surface area contributed by atoms with Gasteiger partial charge >= 0.3 is 0 Å². The number of hydrogen-bond acceptors (Lipinski definition) is 2. The van der Waals surface area contributed by atoms with Crippen LogP contribution in [0.15, 0.2) is 10.7 Å². The van der Waals surface area contributed by atoms with Crippen molar-refractivity contribution in [2.75, 3.05) is 0 Å². The van der Waals surface area contributed by atoms with Crippen molar-refractivity contribution in [1.29, 1.82) is 0 Å². The average Bonchev–Trinajstić information content (AvgIpc) is 2.56. The molecule has 17 heavy (non-hydrogen) atoms. The van der Waals surface area contributed by atoms with Crippen molar-refractivity contribution < 1.29 is 0 Å². The van der Waals surface area contributed by atoms with Crippen molar-refractivity contribution in [2.45, 2.75) is 59.5 Å². The summed E-state index contributed by atoms with van der Waals surface area (Å²) in [5, 5.41) is 4.36. The molecule has 1 unspecified atom stereocenters. The van der Waals surface area contributed by atoms with E-state index in [1.54, 1.807) is 0 Å². The topological polar surface area (TPSA) is 43.8 Å². The van der Waals surface area contributed by atoms with Gasteiger partial charge in [-0.1, -0.05) is 27.7 Å². The molecule has 1 aromatic heterocycles. The van der Waals surface area contributed by atoms with E-state index in [0.29, 0.717) is 5.41 Å². The second-order valence-corrected chi connectivity index (χ2v) is 6.66. The van der Waals surface area contributed by atoms with Crippen LogP contribution in [-0.4, -0.2) is 9.78 Å². The molecule has 0 radical (unpaired) electrons. The van der Waals surface area contributed by atoms with Crippen LogP contribution < -0.4 is 5.73 Å². The van der Waals surface area contributed by atoms with Crippen molar-refractivity contribution in [2.24, 2.45) is 11.1 Å². The van der Waals surface area contributed by atoms with Gasteiger partial charge in [0.15, 0.2) is 0 Å². The molecular formula is C13H24BrN3. The maximum Gasteiger partial charge on any atom is 0.0693 e. The Hall–Kier alpha value is -0.350. The van der Waals surface area contributed by atoms with E-state index < -0.39 is 0 Å². The predicted octanol–water partition coefficient (Wildman–Crippen LogP) is 3.88. The molecule has 0 saturated carbocycles. The summed E-state index contributed by atoms with van der Waals surface area (Å²) in [7, 11) is 0. The molecule has 0 aliphatic carbocycles. The summed E-state index contributed by atoms with van der Waals surface area (Å²) in [6.07, 6.45) is 5.05. The van der Waals surface area contributed by atoms with Gasteiger partial charge < -0.3 is 5.73 Å². The molecule has 0 saturated heterocycles. The van der Waals surface area contributed by atoms with Crippen LogP contribution in [-0.2, 0) is 6.54 Å². The van der Waals surface area contributed by atoms with E-state index in [0.717, 1.165) is 36.0 Å². The molecule has 0 aliphatic heterocycles. The second-order valence-electron chi connectivity index (χ2n) is 5.81. The van der Waals surface area contributed by atoms with Crippen molar-refractivity contribution >= 4 is 15.9 Å². The van der Waals surface area contributed by atoms with Crippen LogP contribution in [0.4, 0.5) is 0 Å². The highest BCUT2D eigenvalue weighted by molar-refractivity contribution is 9.10. The summed E-state index contributed by atoms with van der Waals surface area (Å²) in [4.78, 5) is 0. The first kappa shape index (κ1) is 14.7. The molecule has 4 heteroatoms. The zero-order chi connectivity index (χ0) is 13.1. The van der Waals surface area contributed by atoms with Crippen LogP contribution in [0.3, 0.4) is 0 Å². The molecule has 1 aromatic rings. The Bertz CT molecular complexity index is 352. The minimum atomic E-state index is 0.0673. The maximum atomic E-state index is 6.29. The summed E-state index contributed by atoms with van der Waals surface area (Å²) < 4.78 is 3.06. The Labute approximate surface area is 113 Å². The van der Waals surface area contributed by atoms with Gasteiger partial charge in [0.1, 0.15) is 0 Å². The van der Waals surface area contributed by atoms with E-state index in [9.17, 15) is 0 Å². The Morgan fingerprint density at radius 1 is 1.47 bits per heavy atom. The predicted molar refractivity (Wildman–Crippen MR) is 75.8 cm³/mol. The number of halogens is 1. The van der Waals surface area contributed by atoms with Crippen LogP contribution in [0.1, 0.15) is 58.7 Å². The highest BCUT2D eigenvalue weighted by Gasteiger charge is 2.19. The first-order valence-corrected chi connectivity index (χ1v) is 7.11. The Kier molecular flexibility index (Phi) is 5.20. The van der Waals surface area contributed by atoms with Gasteiger partial charge in [-0.2, -0.15) is 5.10 Å². The molecule has 0 spiro atoms. The average molecular weight is 302 g/mol. The minimum absolute atomic E-state index is 0.0673. The van der Waals surface area contributed by atoms with E-state index >= 15 is 0 Å². The lowest BCUT2D eigenvalue weighted by Crippen LogP contribution is -2.19. The van der Waals surface area contributed by atoms with Crippen molar-refractivity contribution in [3.63, 3.8) is 0 Å². The smallest absolute Gasteiger partial charge is 0.0693 e. The van der Waals surface area contributed by atoms with E-state index in [1.165, 1.54) is 0 Å². The molecule has 0 aromatic carbocycles. The van der Waals surface area contributed by atoms with E-state index in [-0.39, 0.29) is 6.04 Å². The Morgan fingerprint density at radius 3 is 2.65 bits per heavy atom. The molecule has 1 heterocycles. The molecule has 98 valence electrons. The monoisotopic (exact) mass is 301 g/mol. The Balaban J connectivity index is 2.73. The zero-order valence-corrected chi connectivity index (χ0v) is 12.9. The van der Waals surface area contributed by atoms with Gasteiger partial charge in [0, 0.05) is 12.6 Å². The quantitative estimate of drug-likeness (QED) is 0.897. The highest BCUT2D eigenvalue weighted by atomic mass is 79.9. The first-order chi connectivity index (χ1) is 7.85. The fourth-order valence-corrected chi connectivity index (χ4v) is 2.45. The van der Waals surface area contributed by atoms with Crippen molar-refractivity contribution in [3.05, 3.63) is 16.4 Å². The van der Waals surface area contributed by atoms with Gasteiger partial charge in [0.05, 0.1) is 16.4 Å². The van der Waals surface area contributed by atoms with Gasteiger partial charge in [-0.05, 0) is 40.6 Å². The van der Waals surface area contributed by atoms with E-state index in [4.69, 9.17) is 5.73 Å². The van der Waals surface area contributed by atoms with Gasteiger partial charge in [-0.15, -0.1) is 0 Å². The van der Waals surface area contributed by atoms with E-state index in [1.807, 2.05) is 10.9 Å². The maximum absolute atomic E-state index is 6.29. The number of aromatic nitrogens is 2. The molecule has 0 amide bonds. The molecule has 1 rings (SSSR count). The number of nitrogens with zero attached hydrogens (tertiary/aromatic N) is 2. The molecular weight excluding hydrogens is 278 g/mol. The van der Waals surface area contributed by atoms with Crippen molar-refractivity contribution in [3.8, 4) is 0 Å². The molecule has 0 bridgehead atoms. The summed E-state index contributed by atoms with van der Waals surface area (Å²) >= 11 is 3.54. The number of aryl methyl sites for hydroxylation is 1. The summed E-state index contributed by atoms with van der Waals surface area (Å²) in [6.45, 7) is 9.83. The van der Waals surface area contributed by atoms with Gasteiger partial charge in [0.2, 0.25) is 0 Å². The van der Waals surface area contributed by atoms with Crippen LogP contribution in [0.5, 0.6) is 0 Å². The number of rotatable bonds is 5. The third kappa shape index (κ3) is 4.43. The molecule has 0 fully saturated rings. The lowest BCUT2D eigenvalue weighted by molar-refractivity contribution is 0.344. The SMILES string of the molecule is CCCn1ncc(Br)c1C(N)CCC(C)(C)C. The van der Waals surface area contributed by atoms with E-state index in [2.05, 4.69) is 48.7 Å². The minimum Gasteiger partial charge on any atom is -0.323 e. The zero-order valence-electron chi connectivity index (χ0n) is 11.3. The number of hydrogen-bond donors (Lipinski definition) is 1. The van der Waals surface area contributed by atoms with Crippen LogP contribution >= 0.6 is 15.9 Å². The van der Waals surface area contributed by atoms with Crippen LogP contribution in [0.2, 0.25) is 0 Å². The fraction of sp³-hybridized carbons (Fsp3) is 0.769. The van der Waals surface area contributed by atoms with Crippen LogP contribution in [0, 0.1) is 5.41 Å². The summed E-state index contributed by atoms with van der Waals surface area (Å²) in [6, 6.07) is 0.0673. The van der Waals surface area contributed by atoms with Crippen molar-refractivity contribution in [1.82, 2.24) is 9.78 Å². The molecule has 2 N–H and O–H groups in total. The number of nitrogens with two attached hydrogens (primary N) is 1. The molecule has 1 atom stereocenters. The molecule has 0 aliphatic rings. The third-order valence-corrected chi connectivity index (χ3v) is 3.44. The molecule has 3 nitrogen and oxygen atoms in total. The van der Waals surface area contributed by atoms with Gasteiger partial charge in [0.25, 0.3) is 0 Å². The first-order valence-electron chi connectivity index (χ1n) is 6.32. The van der Waals surface area contributed by atoms with Crippen LogP contribution in [0.25, 0.3) is 0 Å².